The van der Waals surface area contributed by atoms with Gasteiger partial charge in [-0.25, -0.2) is 0 Å². The van der Waals surface area contributed by atoms with Gasteiger partial charge in [0.05, 0.1) is 17.6 Å². The largest absolute Gasteiger partial charge is 0.465 e. The van der Waals surface area contributed by atoms with Gasteiger partial charge in [0.2, 0.25) is 0 Å². The monoisotopic (exact) mass is 244 g/mol. The number of carbonyl (C=O) groups excluding carboxylic acids is 1. The van der Waals surface area contributed by atoms with Gasteiger partial charge in [-0.05, 0) is 33.2 Å². The van der Waals surface area contributed by atoms with Crippen LogP contribution in [0.2, 0.25) is 0 Å². The van der Waals surface area contributed by atoms with E-state index in [0.29, 0.717) is 11.6 Å². The lowest BCUT2D eigenvalue weighted by molar-refractivity contribution is -0.149. The minimum absolute atomic E-state index is 0.0446. The Kier molecular flexibility index (Phi) is 5.15. The molecule has 2 atom stereocenters. The molecular weight excluding hydrogens is 224 g/mol. The molecule has 0 aromatic heterocycles. The van der Waals surface area contributed by atoms with E-state index < -0.39 is 0 Å². The summed E-state index contributed by atoms with van der Waals surface area (Å²) in [4.78, 5) is 14.2. The van der Waals surface area contributed by atoms with E-state index in [4.69, 9.17) is 22.7 Å². The van der Waals surface area contributed by atoms with Gasteiger partial charge >= 0.3 is 5.97 Å². The number of hydrogen-bond acceptors (Lipinski definition) is 4. The maximum atomic E-state index is 11.7. The molecule has 0 aliphatic carbocycles. The van der Waals surface area contributed by atoms with Crippen LogP contribution in [0.1, 0.15) is 33.1 Å². The van der Waals surface area contributed by atoms with Crippen molar-refractivity contribution in [3.05, 3.63) is 0 Å². The zero-order chi connectivity index (χ0) is 12.1. The summed E-state index contributed by atoms with van der Waals surface area (Å²) in [5.41, 5.74) is 5.71. The molecule has 92 valence electrons. The standard InChI is InChI=1S/C11H20N2O2S/c1-3-15-11(14)8(2)13-7-5-4-6-9(13)10(12)16/h8-9H,3-7H2,1-2H3,(H2,12,16). The molecule has 1 fully saturated rings. The van der Waals surface area contributed by atoms with E-state index in [1.165, 1.54) is 0 Å². The Morgan fingerprint density at radius 2 is 2.31 bits per heavy atom. The molecule has 1 heterocycles. The zero-order valence-electron chi connectivity index (χ0n) is 9.94. The van der Waals surface area contributed by atoms with Crippen molar-refractivity contribution in [2.45, 2.75) is 45.2 Å². The lowest BCUT2D eigenvalue weighted by Gasteiger charge is -2.37. The van der Waals surface area contributed by atoms with Crippen molar-refractivity contribution in [1.29, 1.82) is 0 Å². The molecule has 0 amide bonds. The van der Waals surface area contributed by atoms with Crippen LogP contribution < -0.4 is 5.73 Å². The van der Waals surface area contributed by atoms with E-state index in [1.807, 2.05) is 13.8 Å². The van der Waals surface area contributed by atoms with Crippen LogP contribution in [0.4, 0.5) is 0 Å². The van der Waals surface area contributed by atoms with Crippen molar-refractivity contribution in [3.8, 4) is 0 Å². The number of piperidine rings is 1. The molecule has 0 bridgehead atoms. The van der Waals surface area contributed by atoms with Crippen molar-refractivity contribution in [1.82, 2.24) is 4.90 Å². The topological polar surface area (TPSA) is 55.6 Å². The number of esters is 1. The molecule has 0 radical (unpaired) electrons. The van der Waals surface area contributed by atoms with Gasteiger partial charge in [-0.2, -0.15) is 0 Å². The molecule has 2 N–H and O–H groups in total. The summed E-state index contributed by atoms with van der Waals surface area (Å²) in [6.45, 7) is 4.94. The van der Waals surface area contributed by atoms with Crippen LogP contribution in [-0.4, -0.2) is 41.1 Å². The number of ether oxygens (including phenoxy) is 1. The molecule has 16 heavy (non-hydrogen) atoms. The van der Waals surface area contributed by atoms with Gasteiger partial charge in [-0.1, -0.05) is 18.6 Å². The smallest absolute Gasteiger partial charge is 0.323 e. The van der Waals surface area contributed by atoms with Gasteiger partial charge in [0.15, 0.2) is 0 Å². The van der Waals surface area contributed by atoms with Crippen molar-refractivity contribution < 1.29 is 9.53 Å². The summed E-state index contributed by atoms with van der Waals surface area (Å²) in [7, 11) is 0. The highest BCUT2D eigenvalue weighted by atomic mass is 32.1. The molecular formula is C11H20N2O2S. The van der Waals surface area contributed by atoms with E-state index in [-0.39, 0.29) is 18.1 Å². The molecule has 5 heteroatoms. The lowest BCUT2D eigenvalue weighted by atomic mass is 10.00. The molecule has 0 aromatic rings. The molecule has 0 saturated carbocycles. The number of rotatable bonds is 4. The summed E-state index contributed by atoms with van der Waals surface area (Å²) < 4.78 is 5.02. The predicted molar refractivity (Wildman–Crippen MR) is 67.2 cm³/mol. The van der Waals surface area contributed by atoms with E-state index in [9.17, 15) is 4.79 Å². The summed E-state index contributed by atoms with van der Waals surface area (Å²) in [6.07, 6.45) is 3.15. The third-order valence-electron chi connectivity index (χ3n) is 3.00. The molecule has 2 unspecified atom stereocenters. The fourth-order valence-corrected chi connectivity index (χ4v) is 2.37. The van der Waals surface area contributed by atoms with Crippen LogP contribution in [0, 0.1) is 0 Å². The number of nitrogens with two attached hydrogens (primary N) is 1. The third-order valence-corrected chi connectivity index (χ3v) is 3.27. The average molecular weight is 244 g/mol. The van der Waals surface area contributed by atoms with E-state index >= 15 is 0 Å². The number of nitrogens with zero attached hydrogens (tertiary/aromatic N) is 1. The first-order chi connectivity index (χ1) is 7.57. The Hall–Kier alpha value is -0.680. The minimum atomic E-state index is -0.258. The first kappa shape index (κ1) is 13.4. The van der Waals surface area contributed by atoms with Crippen LogP contribution in [0.3, 0.4) is 0 Å². The Bertz CT molecular complexity index is 271. The third kappa shape index (κ3) is 3.15. The van der Waals surface area contributed by atoms with Crippen molar-refractivity contribution >= 4 is 23.2 Å². The van der Waals surface area contributed by atoms with Gasteiger partial charge < -0.3 is 10.5 Å². The quantitative estimate of drug-likeness (QED) is 0.592. The number of hydrogen-bond donors (Lipinski definition) is 1. The summed E-state index contributed by atoms with van der Waals surface area (Å²) in [6, 6.07) is -0.213. The Morgan fingerprint density at radius 1 is 1.62 bits per heavy atom. The molecule has 1 aliphatic rings. The van der Waals surface area contributed by atoms with E-state index in [1.54, 1.807) is 0 Å². The van der Waals surface area contributed by atoms with E-state index in [2.05, 4.69) is 4.90 Å². The highest BCUT2D eigenvalue weighted by Gasteiger charge is 2.32. The van der Waals surface area contributed by atoms with Crippen LogP contribution in [0.15, 0.2) is 0 Å². The average Bonchev–Trinajstić information content (AvgIpc) is 2.28. The molecule has 0 aromatic carbocycles. The second-order valence-electron chi connectivity index (χ2n) is 4.08. The molecule has 0 spiro atoms. The normalized spacial score (nSPS) is 23.8. The van der Waals surface area contributed by atoms with Crippen molar-refractivity contribution in [2.75, 3.05) is 13.2 Å². The predicted octanol–water partition coefficient (Wildman–Crippen LogP) is 1.08. The van der Waals surface area contributed by atoms with Crippen LogP contribution >= 0.6 is 12.2 Å². The maximum absolute atomic E-state index is 11.7. The fraction of sp³-hybridized carbons (Fsp3) is 0.818. The van der Waals surface area contributed by atoms with Crippen LogP contribution in [0.5, 0.6) is 0 Å². The van der Waals surface area contributed by atoms with Gasteiger partial charge in [0.1, 0.15) is 6.04 Å². The van der Waals surface area contributed by atoms with Gasteiger partial charge in [0, 0.05) is 0 Å². The molecule has 1 saturated heterocycles. The molecule has 4 nitrogen and oxygen atoms in total. The van der Waals surface area contributed by atoms with E-state index in [0.717, 1.165) is 25.8 Å². The summed E-state index contributed by atoms with van der Waals surface area (Å²) >= 11 is 5.05. The zero-order valence-corrected chi connectivity index (χ0v) is 10.8. The Morgan fingerprint density at radius 3 is 2.88 bits per heavy atom. The lowest BCUT2D eigenvalue weighted by Crippen LogP contribution is -2.53. The highest BCUT2D eigenvalue weighted by Crippen LogP contribution is 2.20. The second kappa shape index (κ2) is 6.15. The number of thiocarbonyl (C=S) groups is 1. The number of carbonyl (C=O) groups is 1. The van der Waals surface area contributed by atoms with Crippen molar-refractivity contribution in [3.63, 3.8) is 0 Å². The first-order valence-corrected chi connectivity index (χ1v) is 6.20. The first-order valence-electron chi connectivity index (χ1n) is 5.79. The Labute approximate surface area is 102 Å². The molecule has 1 aliphatic heterocycles. The fourth-order valence-electron chi connectivity index (χ4n) is 2.12. The van der Waals surface area contributed by atoms with Gasteiger partial charge in [-0.3, -0.25) is 9.69 Å². The maximum Gasteiger partial charge on any atom is 0.323 e. The highest BCUT2D eigenvalue weighted by molar-refractivity contribution is 7.80. The summed E-state index contributed by atoms with van der Waals surface area (Å²) in [5, 5.41) is 0. The SMILES string of the molecule is CCOC(=O)C(C)N1CCCCC1C(N)=S. The van der Waals surface area contributed by atoms with Gasteiger partial charge in [-0.15, -0.1) is 0 Å². The second-order valence-corrected chi connectivity index (χ2v) is 4.55. The number of likely N-dealkylation sites (tertiary alicyclic amines) is 1. The summed E-state index contributed by atoms with van der Waals surface area (Å²) in [5.74, 6) is -0.189. The minimum Gasteiger partial charge on any atom is -0.465 e. The molecule has 1 rings (SSSR count). The van der Waals surface area contributed by atoms with Crippen molar-refractivity contribution in [2.24, 2.45) is 5.73 Å². The van der Waals surface area contributed by atoms with Crippen LogP contribution in [-0.2, 0) is 9.53 Å². The van der Waals surface area contributed by atoms with Gasteiger partial charge in [0.25, 0.3) is 0 Å². The van der Waals surface area contributed by atoms with Crippen LogP contribution in [0.25, 0.3) is 0 Å². The Balaban J connectivity index is 2.67.